The van der Waals surface area contributed by atoms with Crippen molar-refractivity contribution in [3.05, 3.63) is 59.1 Å². The van der Waals surface area contributed by atoms with Crippen LogP contribution in [0.2, 0.25) is 5.02 Å². The number of quaternary nitrogens is 1. The summed E-state index contributed by atoms with van der Waals surface area (Å²) in [5, 5.41) is 5.34. The van der Waals surface area contributed by atoms with Crippen molar-refractivity contribution in [2.75, 3.05) is 10.2 Å². The number of imide groups is 1. The highest BCUT2D eigenvalue weighted by atomic mass is 35.5. The molecule has 3 amide bonds. The van der Waals surface area contributed by atoms with E-state index in [0.29, 0.717) is 16.4 Å². The summed E-state index contributed by atoms with van der Waals surface area (Å²) in [6, 6.07) is 14.0. The van der Waals surface area contributed by atoms with Crippen LogP contribution in [-0.4, -0.2) is 23.8 Å². The van der Waals surface area contributed by atoms with Crippen molar-refractivity contribution >= 4 is 40.7 Å². The van der Waals surface area contributed by atoms with E-state index in [9.17, 15) is 14.4 Å². The molecule has 0 unspecified atom stereocenters. The molecule has 0 aromatic heterocycles. The molecule has 4 atom stereocenters. The first-order valence-corrected chi connectivity index (χ1v) is 10.1. The Morgan fingerprint density at radius 1 is 1.07 bits per heavy atom. The molecule has 3 N–H and O–H groups in total. The van der Waals surface area contributed by atoms with E-state index in [2.05, 4.69) is 5.32 Å². The third kappa shape index (κ3) is 2.30. The van der Waals surface area contributed by atoms with Crippen LogP contribution in [-0.2, 0) is 19.9 Å². The van der Waals surface area contributed by atoms with Crippen molar-refractivity contribution in [2.45, 2.75) is 25.4 Å². The normalized spacial score (nSPS) is 30.3. The van der Waals surface area contributed by atoms with Crippen LogP contribution < -0.4 is 15.5 Å². The number of nitrogens with two attached hydrogens (primary N) is 1. The Kier molecular flexibility index (Phi) is 3.89. The Morgan fingerprint density at radius 3 is 2.55 bits per heavy atom. The first kappa shape index (κ1) is 18.3. The van der Waals surface area contributed by atoms with Crippen LogP contribution in [0.5, 0.6) is 0 Å². The van der Waals surface area contributed by atoms with Crippen molar-refractivity contribution in [3.8, 4) is 0 Å². The summed E-state index contributed by atoms with van der Waals surface area (Å²) in [5.74, 6) is -2.05. The lowest BCUT2D eigenvalue weighted by Gasteiger charge is -2.27. The molecule has 3 aliphatic rings. The van der Waals surface area contributed by atoms with Crippen LogP contribution in [0.15, 0.2) is 48.5 Å². The molecule has 6 nitrogen and oxygen atoms in total. The van der Waals surface area contributed by atoms with Gasteiger partial charge in [0, 0.05) is 16.5 Å². The second kappa shape index (κ2) is 6.15. The maximum atomic E-state index is 13.7. The summed E-state index contributed by atoms with van der Waals surface area (Å²) >= 11 is 6.11. The van der Waals surface area contributed by atoms with Gasteiger partial charge in [0.05, 0.1) is 11.4 Å². The Morgan fingerprint density at radius 2 is 1.83 bits per heavy atom. The van der Waals surface area contributed by atoms with Gasteiger partial charge in [0.15, 0.2) is 0 Å². The van der Waals surface area contributed by atoms with E-state index in [0.717, 1.165) is 5.56 Å². The maximum absolute atomic E-state index is 13.7. The van der Waals surface area contributed by atoms with Crippen molar-refractivity contribution in [1.29, 1.82) is 0 Å². The van der Waals surface area contributed by atoms with Crippen molar-refractivity contribution < 1.29 is 19.7 Å². The number of amides is 3. The minimum atomic E-state index is -1.13. The number of nitrogens with zero attached hydrogens (tertiary/aromatic N) is 1. The second-order valence-corrected chi connectivity index (χ2v) is 8.79. The highest BCUT2D eigenvalue weighted by Crippen LogP contribution is 2.50. The lowest BCUT2D eigenvalue weighted by molar-refractivity contribution is -0.738. The number of fused-ring (bicyclic) bond motifs is 4. The highest BCUT2D eigenvalue weighted by Gasteiger charge is 2.74. The topological polar surface area (TPSA) is 83.1 Å². The minimum Gasteiger partial charge on any atom is -0.326 e. The molecule has 0 aliphatic carbocycles. The Hall–Kier alpha value is -2.70. The zero-order valence-corrected chi connectivity index (χ0v) is 16.8. The fraction of sp³-hybridized carbons (Fsp3) is 0.318. The van der Waals surface area contributed by atoms with E-state index in [1.807, 2.05) is 43.4 Å². The van der Waals surface area contributed by atoms with Gasteiger partial charge in [-0.05, 0) is 24.3 Å². The fourth-order valence-corrected chi connectivity index (χ4v) is 5.51. The summed E-state index contributed by atoms with van der Waals surface area (Å²) in [6.07, 6.45) is 0. The molecule has 1 spiro atoms. The number of benzene rings is 2. The zero-order chi connectivity index (χ0) is 20.5. The first-order valence-electron chi connectivity index (χ1n) is 9.76. The number of para-hydroxylation sites is 1. The molecule has 2 saturated heterocycles. The van der Waals surface area contributed by atoms with Crippen molar-refractivity contribution in [1.82, 2.24) is 0 Å². The number of anilines is 2. The van der Waals surface area contributed by atoms with Crippen molar-refractivity contribution in [3.63, 3.8) is 0 Å². The molecule has 5 rings (SSSR count). The van der Waals surface area contributed by atoms with Crippen LogP contribution in [0.3, 0.4) is 0 Å². The number of hydrogen-bond donors (Lipinski definition) is 2. The number of carbonyl (C=O) groups excluding carboxylic acids is 3. The molecular weight excluding hydrogens is 390 g/mol. The van der Waals surface area contributed by atoms with Gasteiger partial charge in [-0.15, -0.1) is 0 Å². The number of hydrogen-bond acceptors (Lipinski definition) is 3. The highest BCUT2D eigenvalue weighted by molar-refractivity contribution is 6.31. The summed E-state index contributed by atoms with van der Waals surface area (Å²) in [4.78, 5) is 41.6. The largest absolute Gasteiger partial charge is 0.326 e. The number of halogens is 1. The van der Waals surface area contributed by atoms with Crippen LogP contribution >= 0.6 is 11.6 Å². The van der Waals surface area contributed by atoms with E-state index in [1.54, 1.807) is 24.3 Å². The maximum Gasteiger partial charge on any atom is 0.291 e. The number of rotatable bonds is 2. The lowest BCUT2D eigenvalue weighted by Crippen LogP contribution is -2.99. The molecule has 0 radical (unpaired) electrons. The van der Waals surface area contributed by atoms with E-state index < -0.39 is 17.4 Å². The van der Waals surface area contributed by atoms with Gasteiger partial charge in [-0.2, -0.15) is 0 Å². The molecule has 3 heterocycles. The third-order valence-electron chi connectivity index (χ3n) is 6.54. The first-order chi connectivity index (χ1) is 13.9. The molecule has 148 valence electrons. The van der Waals surface area contributed by atoms with E-state index in [1.165, 1.54) is 4.90 Å². The predicted molar refractivity (Wildman–Crippen MR) is 108 cm³/mol. The molecule has 0 bridgehead atoms. The van der Waals surface area contributed by atoms with Crippen LogP contribution in [0.4, 0.5) is 11.4 Å². The minimum absolute atomic E-state index is 0.110. The van der Waals surface area contributed by atoms with Gasteiger partial charge in [-0.25, -0.2) is 4.90 Å². The van der Waals surface area contributed by atoms with Gasteiger partial charge in [0.25, 0.3) is 5.91 Å². The summed E-state index contributed by atoms with van der Waals surface area (Å²) in [6.45, 7) is 4.05. The smallest absolute Gasteiger partial charge is 0.291 e. The summed E-state index contributed by atoms with van der Waals surface area (Å²) in [5.41, 5.74) is 0.804. The average molecular weight is 411 g/mol. The standard InChI is InChI=1S/C22H20ClN3O3/c1-11(2)18-16-17(20(28)26(19(16)27)13-7-5-6-12(23)10-13)22(25-18)14-8-3-4-9-15(14)24-21(22)29/h3-11,16-18,25H,1-2H3,(H,24,29)/p+1/t16-,17+,18+,22-/m0/s1. The molecule has 29 heavy (non-hydrogen) atoms. The average Bonchev–Trinajstić information content (AvgIpc) is 3.27. The third-order valence-corrected chi connectivity index (χ3v) is 6.78. The van der Waals surface area contributed by atoms with Crippen molar-refractivity contribution in [2.24, 2.45) is 17.8 Å². The SMILES string of the molecule is CC(C)[C@H]1[NH2+][C@]2(C(=O)Nc3ccccc32)[C@H]2C(=O)N(c3cccc(Cl)c3)C(=O)[C@H]12. The molecule has 2 fully saturated rings. The molecule has 2 aromatic rings. The fourth-order valence-electron chi connectivity index (χ4n) is 5.32. The van der Waals surface area contributed by atoms with Gasteiger partial charge < -0.3 is 10.6 Å². The van der Waals surface area contributed by atoms with E-state index in [-0.39, 0.29) is 29.7 Å². The Balaban J connectivity index is 1.70. The summed E-state index contributed by atoms with van der Waals surface area (Å²) < 4.78 is 0. The number of nitrogens with one attached hydrogen (secondary N) is 1. The second-order valence-electron chi connectivity index (χ2n) is 8.35. The van der Waals surface area contributed by atoms with Gasteiger partial charge in [-0.1, -0.05) is 49.7 Å². The van der Waals surface area contributed by atoms with E-state index >= 15 is 0 Å². The zero-order valence-electron chi connectivity index (χ0n) is 16.1. The molecular formula is C22H21ClN3O3+. The lowest BCUT2D eigenvalue weighted by atomic mass is 9.76. The van der Waals surface area contributed by atoms with Crippen LogP contribution in [0, 0.1) is 17.8 Å². The van der Waals surface area contributed by atoms with Gasteiger partial charge in [-0.3, -0.25) is 14.4 Å². The molecule has 3 aliphatic heterocycles. The molecule has 2 aromatic carbocycles. The van der Waals surface area contributed by atoms with Crippen LogP contribution in [0.1, 0.15) is 19.4 Å². The van der Waals surface area contributed by atoms with Gasteiger partial charge >= 0.3 is 0 Å². The monoisotopic (exact) mass is 410 g/mol. The van der Waals surface area contributed by atoms with Gasteiger partial charge in [0.2, 0.25) is 17.4 Å². The van der Waals surface area contributed by atoms with Crippen LogP contribution in [0.25, 0.3) is 0 Å². The Bertz CT molecular complexity index is 1070. The quantitative estimate of drug-likeness (QED) is 0.742. The molecule has 0 saturated carbocycles. The predicted octanol–water partition coefficient (Wildman–Crippen LogP) is 1.89. The number of carbonyl (C=O) groups is 3. The van der Waals surface area contributed by atoms with Gasteiger partial charge in [0.1, 0.15) is 17.9 Å². The Labute approximate surface area is 173 Å². The van der Waals surface area contributed by atoms with E-state index in [4.69, 9.17) is 11.6 Å². The summed E-state index contributed by atoms with van der Waals surface area (Å²) in [7, 11) is 0. The molecule has 7 heteroatoms.